The number of hydrogen-bond acceptors (Lipinski definition) is 3. The maximum Gasteiger partial charge on any atom is 0.257 e. The van der Waals surface area contributed by atoms with E-state index in [1.165, 1.54) is 0 Å². The first kappa shape index (κ1) is 17.6. The van der Waals surface area contributed by atoms with E-state index in [4.69, 9.17) is 9.47 Å². The van der Waals surface area contributed by atoms with E-state index >= 15 is 0 Å². The van der Waals surface area contributed by atoms with Crippen molar-refractivity contribution >= 4 is 22.5 Å². The Kier molecular flexibility index (Phi) is 4.86. The second-order valence-electron chi connectivity index (χ2n) is 7.03. The number of carbonyl (C=O) groups excluding carboxylic acids is 1. The first-order chi connectivity index (χ1) is 13.1. The quantitative estimate of drug-likeness (QED) is 0.751. The maximum atomic E-state index is 12.8. The summed E-state index contributed by atoms with van der Waals surface area (Å²) in [5.41, 5.74) is 3.49. The third-order valence-electron chi connectivity index (χ3n) is 5.04. The molecule has 2 aromatic carbocycles. The van der Waals surface area contributed by atoms with Crippen LogP contribution in [0.1, 0.15) is 28.8 Å². The molecule has 1 amide bonds. The van der Waals surface area contributed by atoms with Crippen molar-refractivity contribution in [3.8, 4) is 5.75 Å². The molecule has 5 nitrogen and oxygen atoms in total. The van der Waals surface area contributed by atoms with Crippen molar-refractivity contribution in [1.82, 2.24) is 4.57 Å². The maximum absolute atomic E-state index is 12.8. The molecule has 1 aliphatic rings. The fourth-order valence-electron chi connectivity index (χ4n) is 3.55. The summed E-state index contributed by atoms with van der Waals surface area (Å²) < 4.78 is 13.4. The van der Waals surface area contributed by atoms with Crippen LogP contribution in [0, 0.1) is 6.92 Å². The number of carbonyl (C=O) groups is 1. The van der Waals surface area contributed by atoms with Gasteiger partial charge in [-0.3, -0.25) is 4.79 Å². The molecule has 0 saturated carbocycles. The van der Waals surface area contributed by atoms with E-state index in [9.17, 15) is 4.79 Å². The van der Waals surface area contributed by atoms with Crippen molar-refractivity contribution in [3.63, 3.8) is 0 Å². The lowest BCUT2D eigenvalue weighted by atomic mass is 10.1. The SMILES string of the molecule is Cc1cc(NC(=O)c2cn(C)c3ccccc23)ccc1OC1CCOCC1. The Bertz CT molecular complexity index is 971. The van der Waals surface area contributed by atoms with E-state index in [0.717, 1.165) is 54.0 Å². The lowest BCUT2D eigenvalue weighted by Gasteiger charge is -2.24. The third-order valence-corrected chi connectivity index (χ3v) is 5.04. The van der Waals surface area contributed by atoms with Crippen molar-refractivity contribution in [2.24, 2.45) is 7.05 Å². The molecule has 0 atom stereocenters. The van der Waals surface area contributed by atoms with Gasteiger partial charge in [0.1, 0.15) is 11.9 Å². The van der Waals surface area contributed by atoms with Crippen molar-refractivity contribution in [2.45, 2.75) is 25.9 Å². The highest BCUT2D eigenvalue weighted by atomic mass is 16.5. The number of amides is 1. The summed E-state index contributed by atoms with van der Waals surface area (Å²) in [4.78, 5) is 12.8. The molecule has 1 fully saturated rings. The number of hydrogen-bond donors (Lipinski definition) is 1. The summed E-state index contributed by atoms with van der Waals surface area (Å²) in [6.07, 6.45) is 3.90. The van der Waals surface area contributed by atoms with Gasteiger partial charge in [0.2, 0.25) is 0 Å². The molecule has 1 aliphatic heterocycles. The van der Waals surface area contributed by atoms with Gasteiger partial charge < -0.3 is 19.4 Å². The van der Waals surface area contributed by atoms with Crippen LogP contribution in [0.15, 0.2) is 48.7 Å². The number of fused-ring (bicyclic) bond motifs is 1. The Morgan fingerprint density at radius 1 is 1.19 bits per heavy atom. The van der Waals surface area contributed by atoms with Gasteiger partial charge >= 0.3 is 0 Å². The summed E-state index contributed by atoms with van der Waals surface area (Å²) in [5.74, 6) is 0.759. The predicted octanol–water partition coefficient (Wildman–Crippen LogP) is 4.30. The second-order valence-corrected chi connectivity index (χ2v) is 7.03. The minimum Gasteiger partial charge on any atom is -0.490 e. The van der Waals surface area contributed by atoms with Crippen molar-refractivity contribution < 1.29 is 14.3 Å². The molecule has 0 unspecified atom stereocenters. The average Bonchev–Trinajstić information content (AvgIpc) is 3.02. The number of para-hydroxylation sites is 1. The molecule has 4 rings (SSSR count). The van der Waals surface area contributed by atoms with Crippen molar-refractivity contribution in [2.75, 3.05) is 18.5 Å². The first-order valence-electron chi connectivity index (χ1n) is 9.32. The molecule has 0 radical (unpaired) electrons. The van der Waals surface area contributed by atoms with Crippen LogP contribution in [0.3, 0.4) is 0 Å². The van der Waals surface area contributed by atoms with E-state index in [1.807, 2.05) is 67.2 Å². The van der Waals surface area contributed by atoms with Gasteiger partial charge in [0.25, 0.3) is 5.91 Å². The fraction of sp³-hybridized carbons (Fsp3) is 0.318. The smallest absolute Gasteiger partial charge is 0.257 e. The molecular formula is C22H24N2O3. The Hall–Kier alpha value is -2.79. The largest absolute Gasteiger partial charge is 0.490 e. The van der Waals surface area contributed by atoms with Crippen LogP contribution in [0.2, 0.25) is 0 Å². The second kappa shape index (κ2) is 7.45. The number of ether oxygens (including phenoxy) is 2. The zero-order chi connectivity index (χ0) is 18.8. The molecule has 140 valence electrons. The molecule has 5 heteroatoms. The molecule has 27 heavy (non-hydrogen) atoms. The highest BCUT2D eigenvalue weighted by Gasteiger charge is 2.17. The van der Waals surface area contributed by atoms with Gasteiger partial charge in [-0.2, -0.15) is 0 Å². The van der Waals surface area contributed by atoms with Crippen LogP contribution in [0.25, 0.3) is 10.9 Å². The van der Waals surface area contributed by atoms with Crippen LogP contribution in [-0.2, 0) is 11.8 Å². The Morgan fingerprint density at radius 3 is 2.74 bits per heavy atom. The van der Waals surface area contributed by atoms with Gasteiger partial charge in [0.15, 0.2) is 0 Å². The molecule has 3 aromatic rings. The molecule has 0 spiro atoms. The normalized spacial score (nSPS) is 15.0. The van der Waals surface area contributed by atoms with Crippen LogP contribution in [-0.4, -0.2) is 29.8 Å². The Balaban J connectivity index is 1.50. The number of benzene rings is 2. The summed E-state index contributed by atoms with van der Waals surface area (Å²) in [6, 6.07) is 13.7. The number of nitrogens with zero attached hydrogens (tertiary/aromatic N) is 1. The lowest BCUT2D eigenvalue weighted by Crippen LogP contribution is -2.26. The molecule has 2 heterocycles. The van der Waals surface area contributed by atoms with Gasteiger partial charge in [0, 0.05) is 42.7 Å². The number of rotatable bonds is 4. The lowest BCUT2D eigenvalue weighted by molar-refractivity contribution is 0.0253. The molecule has 0 aliphatic carbocycles. The summed E-state index contributed by atoms with van der Waals surface area (Å²) >= 11 is 0. The average molecular weight is 364 g/mol. The number of nitrogens with one attached hydrogen (secondary N) is 1. The van der Waals surface area contributed by atoms with Gasteiger partial charge in [-0.15, -0.1) is 0 Å². The zero-order valence-electron chi connectivity index (χ0n) is 15.7. The van der Waals surface area contributed by atoms with Crippen molar-refractivity contribution in [3.05, 3.63) is 59.8 Å². The standard InChI is InChI=1S/C22H24N2O3/c1-15-13-16(7-8-21(15)27-17-9-11-26-12-10-17)23-22(25)19-14-24(2)20-6-4-3-5-18(19)20/h3-8,13-14,17H,9-12H2,1-2H3,(H,23,25). The molecular weight excluding hydrogens is 340 g/mol. The minimum absolute atomic E-state index is 0.107. The van der Waals surface area contributed by atoms with Crippen LogP contribution in [0.5, 0.6) is 5.75 Å². The third kappa shape index (κ3) is 3.69. The van der Waals surface area contributed by atoms with Gasteiger partial charge in [-0.1, -0.05) is 18.2 Å². The predicted molar refractivity (Wildman–Crippen MR) is 107 cm³/mol. The van der Waals surface area contributed by atoms with E-state index in [2.05, 4.69) is 5.32 Å². The topological polar surface area (TPSA) is 52.5 Å². The van der Waals surface area contributed by atoms with E-state index in [-0.39, 0.29) is 12.0 Å². The van der Waals surface area contributed by atoms with Crippen molar-refractivity contribution in [1.29, 1.82) is 0 Å². The Morgan fingerprint density at radius 2 is 1.96 bits per heavy atom. The molecule has 1 aromatic heterocycles. The monoisotopic (exact) mass is 364 g/mol. The van der Waals surface area contributed by atoms with E-state index in [1.54, 1.807) is 0 Å². The first-order valence-corrected chi connectivity index (χ1v) is 9.32. The molecule has 1 saturated heterocycles. The van der Waals surface area contributed by atoms with Gasteiger partial charge in [-0.05, 0) is 36.8 Å². The number of anilines is 1. The molecule has 0 bridgehead atoms. The van der Waals surface area contributed by atoms with Crippen LogP contribution in [0.4, 0.5) is 5.69 Å². The van der Waals surface area contributed by atoms with Crippen LogP contribution >= 0.6 is 0 Å². The van der Waals surface area contributed by atoms with Gasteiger partial charge in [0.05, 0.1) is 18.8 Å². The van der Waals surface area contributed by atoms with E-state index in [0.29, 0.717) is 5.56 Å². The minimum atomic E-state index is -0.107. The Labute approximate surface area is 158 Å². The number of aromatic nitrogens is 1. The van der Waals surface area contributed by atoms with Gasteiger partial charge in [-0.25, -0.2) is 0 Å². The van der Waals surface area contributed by atoms with Crippen LogP contribution < -0.4 is 10.1 Å². The summed E-state index contributed by atoms with van der Waals surface area (Å²) in [5, 5.41) is 3.96. The number of aryl methyl sites for hydroxylation is 2. The molecule has 1 N–H and O–H groups in total. The zero-order valence-corrected chi connectivity index (χ0v) is 15.7. The van der Waals surface area contributed by atoms with E-state index < -0.39 is 0 Å². The highest BCUT2D eigenvalue weighted by Crippen LogP contribution is 2.26. The summed E-state index contributed by atoms with van der Waals surface area (Å²) in [7, 11) is 1.95. The highest BCUT2D eigenvalue weighted by molar-refractivity contribution is 6.13. The summed E-state index contributed by atoms with van der Waals surface area (Å²) in [6.45, 7) is 3.51. The fourth-order valence-corrected chi connectivity index (χ4v) is 3.55.